The molecule has 4 heteroatoms. The number of Topliss-reactive ketones (excluding diaryl/α,β-unsaturated/α-hetero) is 2. The van der Waals surface area contributed by atoms with Gasteiger partial charge in [-0.05, 0) is 67.9 Å². The first-order chi connectivity index (χ1) is 12.3. The first kappa shape index (κ1) is 20.4. The molecule has 0 saturated heterocycles. The van der Waals surface area contributed by atoms with Crippen LogP contribution in [0.1, 0.15) is 73.3 Å². The van der Waals surface area contributed by atoms with Gasteiger partial charge in [-0.25, -0.2) is 0 Å². The normalized spacial score (nSPS) is 17.7. The highest BCUT2D eigenvalue weighted by Gasteiger charge is 2.35. The van der Waals surface area contributed by atoms with Crippen LogP contribution < -0.4 is 0 Å². The number of hydrogen-bond donors (Lipinski definition) is 1. The van der Waals surface area contributed by atoms with E-state index in [1.165, 1.54) is 5.56 Å². The van der Waals surface area contributed by atoms with Crippen molar-refractivity contribution in [2.24, 2.45) is 0 Å². The molecule has 0 aliphatic heterocycles. The Morgan fingerprint density at radius 3 is 2.27 bits per heavy atom. The van der Waals surface area contributed by atoms with E-state index in [2.05, 4.69) is 19.9 Å². The molecule has 0 radical (unpaired) electrons. The molecule has 0 atom stereocenters. The van der Waals surface area contributed by atoms with Crippen LogP contribution in [-0.4, -0.2) is 23.3 Å². The minimum atomic E-state index is -0.233. The Labute approximate surface area is 156 Å². The van der Waals surface area contributed by atoms with Crippen molar-refractivity contribution in [2.45, 2.75) is 72.8 Å². The molecule has 0 spiro atoms. The van der Waals surface area contributed by atoms with Crippen molar-refractivity contribution in [1.82, 2.24) is 0 Å². The van der Waals surface area contributed by atoms with Gasteiger partial charge in [-0.3, -0.25) is 9.59 Å². The van der Waals surface area contributed by atoms with Crippen LogP contribution in [0.25, 0.3) is 0 Å². The van der Waals surface area contributed by atoms with Crippen LogP contribution in [-0.2, 0) is 20.9 Å². The molecule has 26 heavy (non-hydrogen) atoms. The van der Waals surface area contributed by atoms with Crippen molar-refractivity contribution >= 4 is 11.6 Å². The maximum Gasteiger partial charge on any atom is 0.170 e. The first-order valence-corrected chi connectivity index (χ1v) is 9.47. The number of rotatable bonds is 6. The quantitative estimate of drug-likeness (QED) is 0.452. The summed E-state index contributed by atoms with van der Waals surface area (Å²) in [6.45, 7) is 11.2. The summed E-state index contributed by atoms with van der Waals surface area (Å²) >= 11 is 0. The van der Waals surface area contributed by atoms with Gasteiger partial charge in [-0.15, -0.1) is 0 Å². The number of carbonyl (C=O) groups is 2. The lowest BCUT2D eigenvalue weighted by atomic mass is 9.75. The molecular formula is C22H30O4. The molecule has 4 nitrogen and oxygen atoms in total. The fraction of sp³-hybridized carbons (Fsp3) is 0.545. The Morgan fingerprint density at radius 2 is 1.73 bits per heavy atom. The van der Waals surface area contributed by atoms with Crippen molar-refractivity contribution in [3.63, 3.8) is 0 Å². The molecule has 0 heterocycles. The van der Waals surface area contributed by atoms with Gasteiger partial charge in [0.2, 0.25) is 0 Å². The second kappa shape index (κ2) is 8.63. The number of allylic oxidation sites excluding steroid dienone is 2. The number of carbonyl (C=O) groups excluding carboxylic acids is 2. The third-order valence-corrected chi connectivity index (χ3v) is 5.25. The SMILES string of the molecule is CCCC(O)=C1C(=O)CC(c2c(C)cc(C)c(COCC)c2C)CC1=O. The minimum absolute atomic E-state index is 0.0278. The number of ketones is 2. The highest BCUT2D eigenvalue weighted by Crippen LogP contribution is 2.38. The maximum absolute atomic E-state index is 12.6. The number of hydrogen-bond acceptors (Lipinski definition) is 4. The molecule has 1 aliphatic rings. The second-order valence-electron chi connectivity index (χ2n) is 7.19. The molecule has 142 valence electrons. The van der Waals surface area contributed by atoms with Crippen LogP contribution in [0, 0.1) is 20.8 Å². The van der Waals surface area contributed by atoms with E-state index >= 15 is 0 Å². The molecule has 1 saturated carbocycles. The van der Waals surface area contributed by atoms with Crippen molar-refractivity contribution in [2.75, 3.05) is 6.61 Å². The van der Waals surface area contributed by atoms with Crippen LogP contribution in [0.4, 0.5) is 0 Å². The highest BCUT2D eigenvalue weighted by molar-refractivity contribution is 6.22. The van der Waals surface area contributed by atoms with E-state index in [0.717, 1.165) is 22.3 Å². The van der Waals surface area contributed by atoms with Crippen molar-refractivity contribution in [3.05, 3.63) is 45.2 Å². The monoisotopic (exact) mass is 358 g/mol. The molecule has 1 aliphatic carbocycles. The molecule has 1 fully saturated rings. The van der Waals surface area contributed by atoms with E-state index in [-0.39, 0.29) is 41.7 Å². The summed E-state index contributed by atoms with van der Waals surface area (Å²) in [6, 6.07) is 2.12. The van der Waals surface area contributed by atoms with Gasteiger partial charge in [0.15, 0.2) is 11.6 Å². The molecule has 1 aromatic rings. The van der Waals surface area contributed by atoms with Gasteiger partial charge in [-0.2, -0.15) is 0 Å². The fourth-order valence-electron chi connectivity index (χ4n) is 4.07. The van der Waals surface area contributed by atoms with E-state index in [0.29, 0.717) is 26.1 Å². The Hall–Kier alpha value is -1.94. The Bertz CT molecular complexity index is 723. The summed E-state index contributed by atoms with van der Waals surface area (Å²) < 4.78 is 5.61. The van der Waals surface area contributed by atoms with Crippen LogP contribution in [0.15, 0.2) is 17.4 Å². The van der Waals surface area contributed by atoms with Crippen molar-refractivity contribution in [3.8, 4) is 0 Å². The van der Waals surface area contributed by atoms with Crippen molar-refractivity contribution in [1.29, 1.82) is 0 Å². The van der Waals surface area contributed by atoms with Gasteiger partial charge >= 0.3 is 0 Å². The molecule has 1 aromatic carbocycles. The molecule has 2 rings (SSSR count). The third-order valence-electron chi connectivity index (χ3n) is 5.25. The average molecular weight is 358 g/mol. The van der Waals surface area contributed by atoms with Crippen LogP contribution >= 0.6 is 0 Å². The van der Waals surface area contributed by atoms with Crippen LogP contribution in [0.5, 0.6) is 0 Å². The maximum atomic E-state index is 12.6. The first-order valence-electron chi connectivity index (χ1n) is 9.47. The van der Waals surface area contributed by atoms with Gasteiger partial charge in [0.05, 0.1) is 12.2 Å². The van der Waals surface area contributed by atoms with Gasteiger partial charge in [0.1, 0.15) is 5.76 Å². The highest BCUT2D eigenvalue weighted by atomic mass is 16.5. The zero-order valence-electron chi connectivity index (χ0n) is 16.6. The number of aryl methyl sites for hydroxylation is 2. The third kappa shape index (κ3) is 4.07. The number of ether oxygens (including phenoxy) is 1. The molecule has 1 N–H and O–H groups in total. The summed E-state index contributed by atoms with van der Waals surface area (Å²) in [4.78, 5) is 25.2. The summed E-state index contributed by atoms with van der Waals surface area (Å²) in [5, 5.41) is 10.1. The number of aliphatic hydroxyl groups excluding tert-OH is 1. The van der Waals surface area contributed by atoms with Crippen LogP contribution in [0.3, 0.4) is 0 Å². The van der Waals surface area contributed by atoms with Crippen LogP contribution in [0.2, 0.25) is 0 Å². The largest absolute Gasteiger partial charge is 0.511 e. The number of aliphatic hydroxyl groups is 1. The van der Waals surface area contributed by atoms with E-state index in [1.54, 1.807) is 0 Å². The smallest absolute Gasteiger partial charge is 0.170 e. The zero-order chi connectivity index (χ0) is 19.4. The van der Waals surface area contributed by atoms with Crippen molar-refractivity contribution < 1.29 is 19.4 Å². The lowest BCUT2D eigenvalue weighted by molar-refractivity contribution is -0.124. The summed E-state index contributed by atoms with van der Waals surface area (Å²) in [5.74, 6) is -0.643. The summed E-state index contributed by atoms with van der Waals surface area (Å²) in [6.07, 6.45) is 1.62. The Balaban J connectivity index is 2.40. The minimum Gasteiger partial charge on any atom is -0.511 e. The molecular weight excluding hydrogens is 328 g/mol. The lowest BCUT2D eigenvalue weighted by Gasteiger charge is -2.27. The Morgan fingerprint density at radius 1 is 1.12 bits per heavy atom. The molecule has 0 bridgehead atoms. The predicted molar refractivity (Wildman–Crippen MR) is 103 cm³/mol. The fourth-order valence-corrected chi connectivity index (χ4v) is 4.07. The second-order valence-corrected chi connectivity index (χ2v) is 7.19. The average Bonchev–Trinajstić information content (AvgIpc) is 2.54. The molecule has 0 aromatic heterocycles. The molecule has 0 unspecified atom stereocenters. The lowest BCUT2D eigenvalue weighted by Crippen LogP contribution is -2.27. The van der Waals surface area contributed by atoms with Gasteiger partial charge in [0.25, 0.3) is 0 Å². The van der Waals surface area contributed by atoms with Gasteiger partial charge < -0.3 is 9.84 Å². The summed E-state index contributed by atoms with van der Waals surface area (Å²) in [5.41, 5.74) is 5.65. The zero-order valence-corrected chi connectivity index (χ0v) is 16.6. The van der Waals surface area contributed by atoms with E-state index in [4.69, 9.17) is 4.74 Å². The van der Waals surface area contributed by atoms with E-state index in [1.807, 2.05) is 20.8 Å². The molecule has 0 amide bonds. The predicted octanol–water partition coefficient (Wildman–Crippen LogP) is 4.78. The van der Waals surface area contributed by atoms with Gasteiger partial charge in [0, 0.05) is 25.9 Å². The summed E-state index contributed by atoms with van der Waals surface area (Å²) in [7, 11) is 0. The van der Waals surface area contributed by atoms with E-state index in [9.17, 15) is 14.7 Å². The standard InChI is InChI=1S/C22H30O4/c1-6-8-18(23)22-19(24)10-16(11-20(22)25)21-14(4)9-13(3)17(15(21)5)12-26-7-2/h9,16,23H,6-8,10-12H2,1-5H3. The van der Waals surface area contributed by atoms with E-state index < -0.39 is 0 Å². The van der Waals surface area contributed by atoms with Gasteiger partial charge in [-0.1, -0.05) is 13.0 Å². The number of benzene rings is 1. The topological polar surface area (TPSA) is 63.6 Å². The Kier molecular flexibility index (Phi) is 6.76.